The van der Waals surface area contributed by atoms with Gasteiger partial charge in [0.25, 0.3) is 0 Å². The van der Waals surface area contributed by atoms with Gasteiger partial charge >= 0.3 is 0 Å². The SMILES string of the molecule is C[C@H]1CN(C)CCN1C#N. The molecule has 56 valence electrons. The van der Waals surface area contributed by atoms with Crippen LogP contribution in [0.15, 0.2) is 0 Å². The minimum absolute atomic E-state index is 0.392. The Kier molecular flexibility index (Phi) is 2.13. The number of hydrogen-bond donors (Lipinski definition) is 0. The zero-order chi connectivity index (χ0) is 7.56. The van der Waals surface area contributed by atoms with Crippen molar-refractivity contribution in [3.63, 3.8) is 0 Å². The number of nitrogens with zero attached hydrogens (tertiary/aromatic N) is 3. The Bertz CT molecular complexity index is 149. The van der Waals surface area contributed by atoms with Crippen LogP contribution >= 0.6 is 0 Å². The molecule has 0 aromatic rings. The van der Waals surface area contributed by atoms with Gasteiger partial charge in [-0.05, 0) is 14.0 Å². The highest BCUT2D eigenvalue weighted by Crippen LogP contribution is 2.04. The molecule has 3 nitrogen and oxygen atoms in total. The molecule has 1 saturated heterocycles. The van der Waals surface area contributed by atoms with Crippen molar-refractivity contribution in [3.05, 3.63) is 0 Å². The monoisotopic (exact) mass is 139 g/mol. The average Bonchev–Trinajstić information content (AvgIpc) is 1.88. The van der Waals surface area contributed by atoms with E-state index in [1.807, 2.05) is 4.90 Å². The maximum absolute atomic E-state index is 8.61. The van der Waals surface area contributed by atoms with Crippen LogP contribution in [0.5, 0.6) is 0 Å². The van der Waals surface area contributed by atoms with Crippen LogP contribution in [-0.2, 0) is 0 Å². The van der Waals surface area contributed by atoms with Gasteiger partial charge in [-0.1, -0.05) is 0 Å². The minimum Gasteiger partial charge on any atom is -0.305 e. The van der Waals surface area contributed by atoms with Gasteiger partial charge in [0.1, 0.15) is 0 Å². The van der Waals surface area contributed by atoms with E-state index in [0.717, 1.165) is 19.6 Å². The molecule has 1 rings (SSSR count). The second-order valence-corrected chi connectivity index (χ2v) is 2.90. The third kappa shape index (κ3) is 1.39. The van der Waals surface area contributed by atoms with Gasteiger partial charge in [0.15, 0.2) is 6.19 Å². The second-order valence-electron chi connectivity index (χ2n) is 2.90. The van der Waals surface area contributed by atoms with E-state index in [4.69, 9.17) is 5.26 Å². The van der Waals surface area contributed by atoms with Gasteiger partial charge in [-0.3, -0.25) is 0 Å². The fourth-order valence-corrected chi connectivity index (χ4v) is 1.29. The molecule has 3 heteroatoms. The summed E-state index contributed by atoms with van der Waals surface area (Å²) in [4.78, 5) is 4.08. The molecule has 0 aromatic carbocycles. The third-order valence-corrected chi connectivity index (χ3v) is 1.96. The van der Waals surface area contributed by atoms with Crippen molar-refractivity contribution < 1.29 is 0 Å². The summed E-state index contributed by atoms with van der Waals surface area (Å²) in [5.41, 5.74) is 0. The van der Waals surface area contributed by atoms with Crippen LogP contribution in [0.25, 0.3) is 0 Å². The number of hydrogen-bond acceptors (Lipinski definition) is 3. The van der Waals surface area contributed by atoms with Crippen molar-refractivity contribution in [1.29, 1.82) is 5.26 Å². The summed E-state index contributed by atoms with van der Waals surface area (Å²) in [6.07, 6.45) is 2.18. The lowest BCUT2D eigenvalue weighted by atomic mass is 10.2. The summed E-state index contributed by atoms with van der Waals surface area (Å²) in [5, 5.41) is 8.61. The Morgan fingerprint density at radius 2 is 2.20 bits per heavy atom. The van der Waals surface area contributed by atoms with E-state index in [0.29, 0.717) is 6.04 Å². The topological polar surface area (TPSA) is 30.3 Å². The molecule has 1 aliphatic heterocycles. The van der Waals surface area contributed by atoms with E-state index < -0.39 is 0 Å². The fraction of sp³-hybridized carbons (Fsp3) is 0.857. The lowest BCUT2D eigenvalue weighted by molar-refractivity contribution is 0.151. The van der Waals surface area contributed by atoms with Gasteiger partial charge in [0.2, 0.25) is 0 Å². The first-order chi connectivity index (χ1) is 4.74. The van der Waals surface area contributed by atoms with Gasteiger partial charge in [-0.25, -0.2) is 0 Å². The largest absolute Gasteiger partial charge is 0.305 e. The highest BCUT2D eigenvalue weighted by atomic mass is 15.3. The molecule has 1 heterocycles. The lowest BCUT2D eigenvalue weighted by Crippen LogP contribution is -2.47. The molecular formula is C7H13N3. The van der Waals surface area contributed by atoms with Gasteiger partial charge < -0.3 is 9.80 Å². The fourth-order valence-electron chi connectivity index (χ4n) is 1.29. The first kappa shape index (κ1) is 7.36. The first-order valence-corrected chi connectivity index (χ1v) is 3.59. The lowest BCUT2D eigenvalue weighted by Gasteiger charge is -2.34. The Hall–Kier alpha value is -0.750. The van der Waals surface area contributed by atoms with Crippen LogP contribution in [0.2, 0.25) is 0 Å². The van der Waals surface area contributed by atoms with E-state index in [2.05, 4.69) is 25.1 Å². The third-order valence-electron chi connectivity index (χ3n) is 1.96. The molecule has 1 aliphatic rings. The predicted molar refractivity (Wildman–Crippen MR) is 39.3 cm³/mol. The standard InChI is InChI=1S/C7H13N3/c1-7-5-9(2)3-4-10(7)6-8/h7H,3-5H2,1-2H3/t7-/m0/s1. The molecule has 1 atom stereocenters. The molecule has 0 N–H and O–H groups in total. The van der Waals surface area contributed by atoms with E-state index >= 15 is 0 Å². The average molecular weight is 139 g/mol. The molecule has 0 bridgehead atoms. The smallest absolute Gasteiger partial charge is 0.179 e. The highest BCUT2D eigenvalue weighted by Gasteiger charge is 2.19. The molecule has 0 radical (unpaired) electrons. The second kappa shape index (κ2) is 2.89. The van der Waals surface area contributed by atoms with Crippen molar-refractivity contribution in [2.45, 2.75) is 13.0 Å². The molecular weight excluding hydrogens is 126 g/mol. The van der Waals surface area contributed by atoms with Crippen LogP contribution in [-0.4, -0.2) is 42.5 Å². The highest BCUT2D eigenvalue weighted by molar-refractivity contribution is 4.85. The molecule has 0 aromatic heterocycles. The molecule has 0 saturated carbocycles. The van der Waals surface area contributed by atoms with Gasteiger partial charge in [-0.2, -0.15) is 5.26 Å². The predicted octanol–water partition coefficient (Wildman–Crippen LogP) is 0.103. The van der Waals surface area contributed by atoms with E-state index in [-0.39, 0.29) is 0 Å². The summed E-state index contributed by atoms with van der Waals surface area (Å²) in [5.74, 6) is 0. The Balaban J connectivity index is 2.45. The van der Waals surface area contributed by atoms with Crippen LogP contribution in [0.1, 0.15) is 6.92 Å². The maximum Gasteiger partial charge on any atom is 0.179 e. The van der Waals surface area contributed by atoms with Gasteiger partial charge in [0.05, 0.1) is 0 Å². The molecule has 0 aliphatic carbocycles. The Morgan fingerprint density at radius 1 is 1.50 bits per heavy atom. The summed E-state index contributed by atoms with van der Waals surface area (Å²) in [6.45, 7) is 4.98. The van der Waals surface area contributed by atoms with Crippen LogP contribution in [0.4, 0.5) is 0 Å². The maximum atomic E-state index is 8.61. The molecule has 0 unspecified atom stereocenters. The van der Waals surface area contributed by atoms with Crippen molar-refractivity contribution in [3.8, 4) is 6.19 Å². The normalized spacial score (nSPS) is 28.1. The van der Waals surface area contributed by atoms with Crippen LogP contribution in [0.3, 0.4) is 0 Å². The summed E-state index contributed by atoms with van der Waals surface area (Å²) >= 11 is 0. The van der Waals surface area contributed by atoms with Crippen molar-refractivity contribution in [2.75, 3.05) is 26.7 Å². The molecule has 0 spiro atoms. The van der Waals surface area contributed by atoms with Gasteiger partial charge in [0, 0.05) is 25.7 Å². The number of rotatable bonds is 0. The zero-order valence-electron chi connectivity index (χ0n) is 6.54. The molecule has 10 heavy (non-hydrogen) atoms. The summed E-state index contributed by atoms with van der Waals surface area (Å²) in [6, 6.07) is 0.392. The minimum atomic E-state index is 0.392. The summed E-state index contributed by atoms with van der Waals surface area (Å²) in [7, 11) is 2.09. The Morgan fingerprint density at radius 3 is 2.70 bits per heavy atom. The molecule has 1 fully saturated rings. The van der Waals surface area contributed by atoms with Crippen molar-refractivity contribution >= 4 is 0 Å². The summed E-state index contributed by atoms with van der Waals surface area (Å²) < 4.78 is 0. The van der Waals surface area contributed by atoms with Crippen LogP contribution in [0, 0.1) is 11.5 Å². The Labute approximate surface area is 61.8 Å². The number of piperazine rings is 1. The molecule has 0 amide bonds. The van der Waals surface area contributed by atoms with Crippen LogP contribution < -0.4 is 0 Å². The number of nitriles is 1. The van der Waals surface area contributed by atoms with Gasteiger partial charge in [-0.15, -0.1) is 0 Å². The van der Waals surface area contributed by atoms with E-state index in [1.54, 1.807) is 0 Å². The zero-order valence-corrected chi connectivity index (χ0v) is 6.54. The van der Waals surface area contributed by atoms with E-state index in [9.17, 15) is 0 Å². The number of likely N-dealkylation sites (N-methyl/N-ethyl adjacent to an activating group) is 1. The van der Waals surface area contributed by atoms with Crippen molar-refractivity contribution in [1.82, 2.24) is 9.80 Å². The quantitative estimate of drug-likeness (QED) is 0.446. The van der Waals surface area contributed by atoms with E-state index in [1.165, 1.54) is 0 Å². The first-order valence-electron chi connectivity index (χ1n) is 3.59. The van der Waals surface area contributed by atoms with Crippen molar-refractivity contribution in [2.24, 2.45) is 0 Å².